The predicted molar refractivity (Wildman–Crippen MR) is 76.6 cm³/mol. The minimum atomic E-state index is -0.519. The molecule has 2 aromatic heterocycles. The SMILES string of the molecule is COc1ccccc1-c1nc2cc[nH]c2cc1C(N)=O. The Morgan fingerprint density at radius 1 is 1.30 bits per heavy atom. The molecule has 3 N–H and O–H groups in total. The van der Waals surface area contributed by atoms with Crippen LogP contribution in [0.25, 0.3) is 22.3 Å². The first-order valence-electron chi connectivity index (χ1n) is 6.12. The summed E-state index contributed by atoms with van der Waals surface area (Å²) in [4.78, 5) is 19.2. The van der Waals surface area contributed by atoms with Gasteiger partial charge in [-0.15, -0.1) is 0 Å². The van der Waals surface area contributed by atoms with Crippen molar-refractivity contribution in [2.75, 3.05) is 7.11 Å². The first-order chi connectivity index (χ1) is 9.70. The molecule has 100 valence electrons. The molecule has 5 heteroatoms. The summed E-state index contributed by atoms with van der Waals surface area (Å²) in [5.41, 5.74) is 8.66. The first kappa shape index (κ1) is 12.2. The van der Waals surface area contributed by atoms with Crippen molar-refractivity contribution < 1.29 is 9.53 Å². The second-order valence-corrected chi connectivity index (χ2v) is 4.36. The third-order valence-electron chi connectivity index (χ3n) is 3.16. The highest BCUT2D eigenvalue weighted by atomic mass is 16.5. The van der Waals surface area contributed by atoms with Gasteiger partial charge in [-0.3, -0.25) is 4.79 Å². The minimum Gasteiger partial charge on any atom is -0.496 e. The Balaban J connectivity index is 2.33. The molecule has 3 rings (SSSR count). The van der Waals surface area contributed by atoms with Crippen molar-refractivity contribution in [1.29, 1.82) is 0 Å². The highest BCUT2D eigenvalue weighted by Gasteiger charge is 2.16. The highest BCUT2D eigenvalue weighted by Crippen LogP contribution is 2.32. The molecule has 1 aromatic carbocycles. The van der Waals surface area contributed by atoms with E-state index in [4.69, 9.17) is 10.5 Å². The van der Waals surface area contributed by atoms with Crippen LogP contribution >= 0.6 is 0 Å². The third-order valence-corrected chi connectivity index (χ3v) is 3.16. The number of nitrogens with two attached hydrogens (primary N) is 1. The molecule has 0 fully saturated rings. The lowest BCUT2D eigenvalue weighted by Crippen LogP contribution is -2.13. The van der Waals surface area contributed by atoms with Crippen LogP contribution in [0.15, 0.2) is 42.6 Å². The van der Waals surface area contributed by atoms with Gasteiger partial charge in [-0.2, -0.15) is 0 Å². The average Bonchev–Trinajstić information content (AvgIpc) is 2.93. The van der Waals surface area contributed by atoms with E-state index in [1.54, 1.807) is 19.4 Å². The molecule has 0 saturated heterocycles. The molecule has 0 radical (unpaired) electrons. The smallest absolute Gasteiger partial charge is 0.250 e. The fraction of sp³-hybridized carbons (Fsp3) is 0.0667. The van der Waals surface area contributed by atoms with Crippen molar-refractivity contribution >= 4 is 16.9 Å². The van der Waals surface area contributed by atoms with Gasteiger partial charge in [0.05, 0.1) is 29.4 Å². The van der Waals surface area contributed by atoms with Gasteiger partial charge in [0.25, 0.3) is 5.91 Å². The number of H-pyrrole nitrogens is 1. The van der Waals surface area contributed by atoms with Gasteiger partial charge >= 0.3 is 0 Å². The van der Waals surface area contributed by atoms with E-state index in [0.29, 0.717) is 17.0 Å². The van der Waals surface area contributed by atoms with Crippen molar-refractivity contribution in [3.8, 4) is 17.0 Å². The summed E-state index contributed by atoms with van der Waals surface area (Å²) < 4.78 is 5.33. The normalized spacial score (nSPS) is 10.7. The van der Waals surface area contributed by atoms with E-state index >= 15 is 0 Å². The molecule has 0 saturated carbocycles. The molecule has 3 aromatic rings. The Hall–Kier alpha value is -2.82. The summed E-state index contributed by atoms with van der Waals surface area (Å²) in [7, 11) is 1.58. The number of aromatic amines is 1. The van der Waals surface area contributed by atoms with Crippen molar-refractivity contribution in [3.05, 3.63) is 48.2 Å². The largest absolute Gasteiger partial charge is 0.496 e. The predicted octanol–water partition coefficient (Wildman–Crippen LogP) is 2.34. The molecular weight excluding hydrogens is 254 g/mol. The number of ether oxygens (including phenoxy) is 1. The summed E-state index contributed by atoms with van der Waals surface area (Å²) in [6, 6.07) is 11.0. The van der Waals surface area contributed by atoms with Gasteiger partial charge < -0.3 is 15.5 Å². The molecule has 0 spiro atoms. The summed E-state index contributed by atoms with van der Waals surface area (Å²) in [5.74, 6) is 0.132. The van der Waals surface area contributed by atoms with E-state index in [0.717, 1.165) is 16.6 Å². The van der Waals surface area contributed by atoms with Gasteiger partial charge in [-0.1, -0.05) is 12.1 Å². The van der Waals surface area contributed by atoms with Gasteiger partial charge in [0.15, 0.2) is 0 Å². The fourth-order valence-electron chi connectivity index (χ4n) is 2.21. The number of fused-ring (bicyclic) bond motifs is 1. The average molecular weight is 267 g/mol. The number of rotatable bonds is 3. The molecule has 0 atom stereocenters. The maximum Gasteiger partial charge on any atom is 0.250 e. The van der Waals surface area contributed by atoms with Gasteiger partial charge in [-0.25, -0.2) is 4.98 Å². The van der Waals surface area contributed by atoms with Crippen molar-refractivity contribution in [1.82, 2.24) is 9.97 Å². The number of hydrogen-bond acceptors (Lipinski definition) is 3. The van der Waals surface area contributed by atoms with E-state index in [2.05, 4.69) is 9.97 Å². The van der Waals surface area contributed by atoms with Crippen molar-refractivity contribution in [3.63, 3.8) is 0 Å². The van der Waals surface area contributed by atoms with Gasteiger partial charge in [0.2, 0.25) is 0 Å². The molecule has 0 bridgehead atoms. The molecule has 20 heavy (non-hydrogen) atoms. The number of amides is 1. The first-order valence-corrected chi connectivity index (χ1v) is 6.12. The Morgan fingerprint density at radius 3 is 2.85 bits per heavy atom. The van der Waals surface area contributed by atoms with Crippen molar-refractivity contribution in [2.45, 2.75) is 0 Å². The lowest BCUT2D eigenvalue weighted by molar-refractivity contribution is 0.100. The number of aromatic nitrogens is 2. The molecule has 0 aliphatic carbocycles. The second-order valence-electron chi connectivity index (χ2n) is 4.36. The van der Waals surface area contributed by atoms with E-state index in [1.165, 1.54) is 0 Å². The van der Waals surface area contributed by atoms with Crippen LogP contribution in [0, 0.1) is 0 Å². The zero-order valence-electron chi connectivity index (χ0n) is 10.9. The molecule has 1 amide bonds. The molecule has 2 heterocycles. The molecule has 5 nitrogen and oxygen atoms in total. The van der Waals surface area contributed by atoms with Crippen molar-refractivity contribution in [2.24, 2.45) is 5.73 Å². The second kappa shape index (κ2) is 4.70. The summed E-state index contributed by atoms with van der Waals surface area (Å²) in [5, 5.41) is 0. The number of primary amides is 1. The van der Waals surface area contributed by atoms with Crippen LogP contribution in [-0.2, 0) is 0 Å². The monoisotopic (exact) mass is 267 g/mol. The summed E-state index contributed by atoms with van der Waals surface area (Å²) in [6.07, 6.45) is 1.77. The van der Waals surface area contributed by atoms with Gasteiger partial charge in [0.1, 0.15) is 5.75 Å². The zero-order chi connectivity index (χ0) is 14.1. The Kier molecular flexibility index (Phi) is 2.87. The minimum absolute atomic E-state index is 0.365. The van der Waals surface area contributed by atoms with Gasteiger partial charge in [0, 0.05) is 11.8 Å². The van der Waals surface area contributed by atoms with E-state index < -0.39 is 5.91 Å². The number of methoxy groups -OCH3 is 1. The number of hydrogen-bond donors (Lipinski definition) is 2. The Morgan fingerprint density at radius 2 is 2.10 bits per heavy atom. The number of benzene rings is 1. The zero-order valence-corrected chi connectivity index (χ0v) is 10.9. The quantitative estimate of drug-likeness (QED) is 0.764. The molecule has 0 aliphatic heterocycles. The maximum atomic E-state index is 11.7. The number of nitrogens with one attached hydrogen (secondary N) is 1. The number of pyridine rings is 1. The standard InChI is InChI=1S/C15H13N3O2/c1-20-13-5-3-2-4-9(13)14-10(15(16)19)8-12-11(18-14)6-7-17-12/h2-8,17H,1H3,(H2,16,19). The fourth-order valence-corrected chi connectivity index (χ4v) is 2.21. The highest BCUT2D eigenvalue weighted by molar-refractivity contribution is 6.02. The van der Waals surface area contributed by atoms with Crippen LogP contribution in [0.5, 0.6) is 5.75 Å². The van der Waals surface area contributed by atoms with Crippen LogP contribution in [0.1, 0.15) is 10.4 Å². The lowest BCUT2D eigenvalue weighted by Gasteiger charge is -2.10. The Labute approximate surface area is 115 Å². The van der Waals surface area contributed by atoms with Crippen LogP contribution in [-0.4, -0.2) is 23.0 Å². The maximum absolute atomic E-state index is 11.7. The molecule has 0 unspecified atom stereocenters. The summed E-state index contributed by atoms with van der Waals surface area (Å²) in [6.45, 7) is 0. The number of carbonyl (C=O) groups is 1. The molecule has 0 aliphatic rings. The topological polar surface area (TPSA) is 81.0 Å². The van der Waals surface area contributed by atoms with Crippen LogP contribution in [0.2, 0.25) is 0 Å². The Bertz CT molecular complexity index is 793. The van der Waals surface area contributed by atoms with Crippen LogP contribution in [0.4, 0.5) is 0 Å². The van der Waals surface area contributed by atoms with E-state index in [1.807, 2.05) is 30.3 Å². The number of para-hydroxylation sites is 1. The van der Waals surface area contributed by atoms with Crippen LogP contribution < -0.4 is 10.5 Å². The summed E-state index contributed by atoms with van der Waals surface area (Å²) >= 11 is 0. The number of nitrogens with zero attached hydrogens (tertiary/aromatic N) is 1. The third kappa shape index (κ3) is 1.89. The molecular formula is C15H13N3O2. The van der Waals surface area contributed by atoms with E-state index in [-0.39, 0.29) is 0 Å². The lowest BCUT2D eigenvalue weighted by atomic mass is 10.0. The van der Waals surface area contributed by atoms with Crippen LogP contribution in [0.3, 0.4) is 0 Å². The van der Waals surface area contributed by atoms with E-state index in [9.17, 15) is 4.79 Å². The number of carbonyl (C=O) groups excluding carboxylic acids is 1. The van der Waals surface area contributed by atoms with Gasteiger partial charge in [-0.05, 0) is 24.3 Å².